The summed E-state index contributed by atoms with van der Waals surface area (Å²) in [5.41, 5.74) is 10.5. The fourth-order valence-corrected chi connectivity index (χ4v) is 5.08. The van der Waals surface area contributed by atoms with E-state index in [9.17, 15) is 14.0 Å². The van der Waals surface area contributed by atoms with Gasteiger partial charge in [0.05, 0.1) is 5.56 Å². The molecule has 7 nitrogen and oxygen atoms in total. The molecule has 0 radical (unpaired) electrons. The molecule has 3 aromatic carbocycles. The topological polar surface area (TPSA) is 111 Å². The zero-order valence-electron chi connectivity index (χ0n) is 21.4. The quantitative estimate of drug-likeness (QED) is 0.293. The van der Waals surface area contributed by atoms with Crippen molar-refractivity contribution in [1.29, 1.82) is 0 Å². The normalized spacial score (nSPS) is 13.8. The van der Waals surface area contributed by atoms with Crippen LogP contribution in [0.3, 0.4) is 0 Å². The van der Waals surface area contributed by atoms with Gasteiger partial charge in [-0.25, -0.2) is 14.4 Å². The molecule has 0 atom stereocenters. The molecule has 5 aromatic rings. The van der Waals surface area contributed by atoms with Crippen LogP contribution in [0.4, 0.5) is 4.39 Å². The van der Waals surface area contributed by atoms with Gasteiger partial charge in [0, 0.05) is 28.9 Å². The number of fused-ring (bicyclic) bond motifs is 1. The van der Waals surface area contributed by atoms with Crippen molar-refractivity contribution >= 4 is 22.8 Å². The van der Waals surface area contributed by atoms with E-state index in [0.717, 1.165) is 35.1 Å². The number of aryl methyl sites for hydroxylation is 2. The second-order valence-electron chi connectivity index (χ2n) is 9.98. The fourth-order valence-electron chi connectivity index (χ4n) is 5.08. The summed E-state index contributed by atoms with van der Waals surface area (Å²) >= 11 is 0. The van der Waals surface area contributed by atoms with Crippen molar-refractivity contribution in [3.63, 3.8) is 0 Å². The highest BCUT2D eigenvalue weighted by Crippen LogP contribution is 2.44. The number of hydrogen-bond donors (Lipinski definition) is 2. The van der Waals surface area contributed by atoms with Crippen molar-refractivity contribution in [1.82, 2.24) is 15.3 Å². The largest absolute Gasteiger partial charge is 0.455 e. The molecule has 3 N–H and O–H groups in total. The third-order valence-electron chi connectivity index (χ3n) is 7.26. The van der Waals surface area contributed by atoms with Crippen LogP contribution in [0, 0.1) is 19.7 Å². The number of nitrogens with two attached hydrogens (primary N) is 1. The Kier molecular flexibility index (Phi) is 5.75. The lowest BCUT2D eigenvalue weighted by molar-refractivity contribution is 0.0927. The molecule has 0 unspecified atom stereocenters. The molecule has 8 heteroatoms. The molecule has 0 bridgehead atoms. The van der Waals surface area contributed by atoms with Gasteiger partial charge in [-0.15, -0.1) is 0 Å². The number of nitrogens with zero attached hydrogens (tertiary/aromatic N) is 2. The smallest absolute Gasteiger partial charge is 0.253 e. The zero-order valence-corrected chi connectivity index (χ0v) is 21.4. The summed E-state index contributed by atoms with van der Waals surface area (Å²) in [6.45, 7) is 3.88. The molecule has 1 fully saturated rings. The van der Waals surface area contributed by atoms with Gasteiger partial charge in [0.15, 0.2) is 5.82 Å². The number of nitrogens with one attached hydrogen (secondary N) is 1. The van der Waals surface area contributed by atoms with E-state index in [-0.39, 0.29) is 17.2 Å². The molecule has 39 heavy (non-hydrogen) atoms. The van der Waals surface area contributed by atoms with Crippen LogP contribution in [-0.4, -0.2) is 21.8 Å². The molecule has 1 aliphatic rings. The van der Waals surface area contributed by atoms with Crippen LogP contribution in [0.2, 0.25) is 0 Å². The molecule has 194 valence electrons. The summed E-state index contributed by atoms with van der Waals surface area (Å²) in [6, 6.07) is 16.8. The molecule has 2 aromatic heterocycles. The van der Waals surface area contributed by atoms with Gasteiger partial charge in [0.25, 0.3) is 11.8 Å². The van der Waals surface area contributed by atoms with Gasteiger partial charge < -0.3 is 15.5 Å². The van der Waals surface area contributed by atoms with Crippen LogP contribution in [-0.2, 0) is 5.54 Å². The van der Waals surface area contributed by atoms with Crippen LogP contribution in [0.25, 0.3) is 33.4 Å². The second-order valence-corrected chi connectivity index (χ2v) is 9.98. The van der Waals surface area contributed by atoms with Gasteiger partial charge in [-0.3, -0.25) is 9.59 Å². The van der Waals surface area contributed by atoms with E-state index in [4.69, 9.17) is 10.2 Å². The van der Waals surface area contributed by atoms with Gasteiger partial charge in [-0.05, 0) is 97.5 Å². The maximum atomic E-state index is 13.5. The standard InChI is InChI=1S/C31H25FN4O3/c1-17-14-18(2)23(29(38)36-31(10-11-31)30-34-12-3-13-35-30)16-22(17)20-6-9-25-24(15-20)26(28(33)37)27(39-25)19-4-7-21(32)8-5-19/h3-9,12-16H,10-11H2,1-2H3,(H2,33,37)(H,36,38). The van der Waals surface area contributed by atoms with Gasteiger partial charge in [0.2, 0.25) is 0 Å². The van der Waals surface area contributed by atoms with Crippen molar-refractivity contribution < 1.29 is 18.4 Å². The number of halogens is 1. The van der Waals surface area contributed by atoms with E-state index in [1.807, 2.05) is 38.1 Å². The monoisotopic (exact) mass is 520 g/mol. The van der Waals surface area contributed by atoms with Crippen molar-refractivity contribution in [2.45, 2.75) is 32.2 Å². The highest BCUT2D eigenvalue weighted by molar-refractivity contribution is 6.11. The minimum Gasteiger partial charge on any atom is -0.455 e. The lowest BCUT2D eigenvalue weighted by atomic mass is 9.93. The number of rotatable bonds is 6. The van der Waals surface area contributed by atoms with E-state index >= 15 is 0 Å². The number of carbonyl (C=O) groups excluding carboxylic acids is 2. The molecule has 0 spiro atoms. The minimum absolute atomic E-state index is 0.195. The molecule has 6 rings (SSSR count). The van der Waals surface area contributed by atoms with Gasteiger partial charge in [-0.1, -0.05) is 12.1 Å². The summed E-state index contributed by atoms with van der Waals surface area (Å²) in [5.74, 6) is -0.336. The maximum absolute atomic E-state index is 13.5. The highest BCUT2D eigenvalue weighted by Gasteiger charge is 2.48. The first kappa shape index (κ1) is 24.5. The van der Waals surface area contributed by atoms with Gasteiger partial charge in [-0.2, -0.15) is 0 Å². The number of furan rings is 1. The van der Waals surface area contributed by atoms with Crippen LogP contribution in [0.5, 0.6) is 0 Å². The second kappa shape index (κ2) is 9.16. The van der Waals surface area contributed by atoms with E-state index < -0.39 is 17.3 Å². The summed E-state index contributed by atoms with van der Waals surface area (Å²) in [6.07, 6.45) is 4.92. The Morgan fingerprint density at radius 2 is 1.64 bits per heavy atom. The Balaban J connectivity index is 1.40. The van der Waals surface area contributed by atoms with Crippen molar-refractivity contribution in [3.8, 4) is 22.5 Å². The molecule has 2 amide bonds. The molecule has 1 aliphatic carbocycles. The third kappa shape index (κ3) is 4.33. The average molecular weight is 521 g/mol. The first-order valence-electron chi connectivity index (χ1n) is 12.6. The lowest BCUT2D eigenvalue weighted by Crippen LogP contribution is -2.36. The van der Waals surface area contributed by atoms with Crippen LogP contribution < -0.4 is 11.1 Å². The number of primary amides is 1. The van der Waals surface area contributed by atoms with E-state index in [1.165, 1.54) is 12.1 Å². The summed E-state index contributed by atoms with van der Waals surface area (Å²) in [7, 11) is 0. The van der Waals surface area contributed by atoms with Crippen molar-refractivity contribution in [2.75, 3.05) is 0 Å². The van der Waals surface area contributed by atoms with Crippen molar-refractivity contribution in [3.05, 3.63) is 107 Å². The Hall–Kier alpha value is -4.85. The summed E-state index contributed by atoms with van der Waals surface area (Å²) in [4.78, 5) is 34.7. The van der Waals surface area contributed by atoms with Crippen molar-refractivity contribution in [2.24, 2.45) is 5.73 Å². The predicted molar refractivity (Wildman–Crippen MR) is 145 cm³/mol. The molecule has 1 saturated carbocycles. The average Bonchev–Trinajstić information content (AvgIpc) is 3.60. The zero-order chi connectivity index (χ0) is 27.3. The summed E-state index contributed by atoms with van der Waals surface area (Å²) < 4.78 is 19.5. The minimum atomic E-state index is -0.649. The Morgan fingerprint density at radius 3 is 2.31 bits per heavy atom. The van der Waals surface area contributed by atoms with Gasteiger partial charge in [0.1, 0.15) is 22.7 Å². The molecular formula is C31H25FN4O3. The highest BCUT2D eigenvalue weighted by atomic mass is 19.1. The fraction of sp³-hybridized carbons (Fsp3) is 0.161. The molecule has 0 saturated heterocycles. The number of benzene rings is 3. The van der Waals surface area contributed by atoms with E-state index in [0.29, 0.717) is 27.9 Å². The van der Waals surface area contributed by atoms with Crippen LogP contribution >= 0.6 is 0 Å². The Labute approximate surface area is 223 Å². The number of amides is 2. The first-order chi connectivity index (χ1) is 18.8. The van der Waals surface area contributed by atoms with Crippen LogP contribution in [0.1, 0.15) is 50.5 Å². The lowest BCUT2D eigenvalue weighted by Gasteiger charge is -2.18. The molecule has 0 aliphatic heterocycles. The summed E-state index contributed by atoms with van der Waals surface area (Å²) in [5, 5.41) is 3.70. The van der Waals surface area contributed by atoms with E-state index in [1.54, 1.807) is 36.7 Å². The Bertz CT molecular complexity index is 1760. The number of aromatic nitrogens is 2. The number of carbonyl (C=O) groups is 2. The molecule has 2 heterocycles. The van der Waals surface area contributed by atoms with Gasteiger partial charge >= 0.3 is 0 Å². The molecular weight excluding hydrogens is 495 g/mol. The first-order valence-corrected chi connectivity index (χ1v) is 12.6. The Morgan fingerprint density at radius 1 is 0.949 bits per heavy atom. The maximum Gasteiger partial charge on any atom is 0.253 e. The SMILES string of the molecule is Cc1cc(C)c(-c2ccc3oc(-c4ccc(F)cc4)c(C(N)=O)c3c2)cc1C(=O)NC1(c2ncccn2)CC1. The third-order valence-corrected chi connectivity index (χ3v) is 7.26. The predicted octanol–water partition coefficient (Wildman–Crippen LogP) is 5.83. The number of hydrogen-bond acceptors (Lipinski definition) is 5. The van der Waals surface area contributed by atoms with E-state index in [2.05, 4.69) is 15.3 Å². The van der Waals surface area contributed by atoms with Crippen LogP contribution in [0.15, 0.2) is 77.5 Å².